The number of aromatic nitrogens is 1. The van der Waals surface area contributed by atoms with Crippen molar-refractivity contribution in [3.63, 3.8) is 0 Å². The fraction of sp³-hybridized carbons (Fsp3) is 0.250. The minimum atomic E-state index is -0.847. The van der Waals surface area contributed by atoms with Crippen molar-refractivity contribution < 1.29 is 24.2 Å². The molecule has 0 saturated carbocycles. The number of hydrogen-bond acceptors (Lipinski definition) is 6. The van der Waals surface area contributed by atoms with Crippen LogP contribution in [0, 0.1) is 0 Å². The third kappa shape index (κ3) is 5.04. The van der Waals surface area contributed by atoms with Crippen molar-refractivity contribution in [2.75, 3.05) is 18.6 Å². The van der Waals surface area contributed by atoms with Crippen LogP contribution in [-0.4, -0.2) is 35.5 Å². The summed E-state index contributed by atoms with van der Waals surface area (Å²) in [5, 5.41) is 11.2. The van der Waals surface area contributed by atoms with E-state index < -0.39 is 17.7 Å². The maximum atomic E-state index is 13.2. The molecule has 1 atom stereocenters. The topological polar surface area (TPSA) is 89.0 Å². The van der Waals surface area contributed by atoms with Crippen molar-refractivity contribution in [3.05, 3.63) is 89.8 Å². The molecule has 1 aliphatic heterocycles. The van der Waals surface area contributed by atoms with Gasteiger partial charge in [-0.1, -0.05) is 31.9 Å². The molecule has 1 saturated heterocycles. The lowest BCUT2D eigenvalue weighted by Gasteiger charge is -2.25. The van der Waals surface area contributed by atoms with E-state index in [1.165, 1.54) is 12.0 Å². The molecule has 35 heavy (non-hydrogen) atoms. The van der Waals surface area contributed by atoms with E-state index in [1.807, 2.05) is 0 Å². The van der Waals surface area contributed by atoms with Gasteiger partial charge in [0.15, 0.2) is 0 Å². The first-order valence-electron chi connectivity index (χ1n) is 11.6. The van der Waals surface area contributed by atoms with Crippen molar-refractivity contribution in [1.29, 1.82) is 0 Å². The number of methoxy groups -OCH3 is 1. The molecule has 2 heterocycles. The van der Waals surface area contributed by atoms with Crippen LogP contribution in [0.3, 0.4) is 0 Å². The normalized spacial score (nSPS) is 17.0. The summed E-state index contributed by atoms with van der Waals surface area (Å²) in [6.07, 6.45) is 6.38. The SMILES string of the molecule is CCCCCOc1ccc(/C(O)=C2\C(=O)C(=O)N(c3cccc(OC)c3)C2c2cccnc2)cc1. The first kappa shape index (κ1) is 24.0. The summed E-state index contributed by atoms with van der Waals surface area (Å²) in [7, 11) is 1.53. The monoisotopic (exact) mass is 472 g/mol. The lowest BCUT2D eigenvalue weighted by atomic mass is 9.96. The zero-order chi connectivity index (χ0) is 24.8. The summed E-state index contributed by atoms with van der Waals surface area (Å²) in [6.45, 7) is 2.75. The fourth-order valence-electron chi connectivity index (χ4n) is 4.12. The highest BCUT2D eigenvalue weighted by Crippen LogP contribution is 2.42. The van der Waals surface area contributed by atoms with Gasteiger partial charge in [0.05, 0.1) is 25.3 Å². The van der Waals surface area contributed by atoms with Crippen molar-refractivity contribution in [2.24, 2.45) is 0 Å². The van der Waals surface area contributed by atoms with Crippen molar-refractivity contribution >= 4 is 23.1 Å². The number of aliphatic hydroxyl groups is 1. The van der Waals surface area contributed by atoms with Crippen LogP contribution in [0.2, 0.25) is 0 Å². The molecule has 0 radical (unpaired) electrons. The lowest BCUT2D eigenvalue weighted by Crippen LogP contribution is -2.29. The molecule has 2 aromatic carbocycles. The van der Waals surface area contributed by atoms with Gasteiger partial charge in [-0.25, -0.2) is 0 Å². The van der Waals surface area contributed by atoms with E-state index in [2.05, 4.69) is 11.9 Å². The molecule has 1 aromatic heterocycles. The Labute approximate surface area is 204 Å². The number of ether oxygens (including phenoxy) is 2. The van der Waals surface area contributed by atoms with Gasteiger partial charge >= 0.3 is 0 Å². The number of anilines is 1. The zero-order valence-corrected chi connectivity index (χ0v) is 19.8. The van der Waals surface area contributed by atoms with Gasteiger partial charge in [-0.2, -0.15) is 0 Å². The summed E-state index contributed by atoms with van der Waals surface area (Å²) in [5.74, 6) is -0.522. The molecule has 1 N–H and O–H groups in total. The molecular formula is C28H28N2O5. The van der Waals surface area contributed by atoms with Crippen LogP contribution in [0.15, 0.2) is 78.6 Å². The second-order valence-electron chi connectivity index (χ2n) is 8.24. The number of nitrogens with zero attached hydrogens (tertiary/aromatic N) is 2. The van der Waals surface area contributed by atoms with Gasteiger partial charge in [-0.05, 0) is 54.4 Å². The molecule has 4 rings (SSSR count). The molecule has 1 aliphatic rings. The second kappa shape index (κ2) is 10.9. The fourth-order valence-corrected chi connectivity index (χ4v) is 4.12. The number of Topliss-reactive ketones (excluding diaryl/α,β-unsaturated/α-hetero) is 1. The summed E-state index contributed by atoms with van der Waals surface area (Å²) in [4.78, 5) is 32.0. The Morgan fingerprint density at radius 3 is 2.51 bits per heavy atom. The summed E-state index contributed by atoms with van der Waals surface area (Å²) < 4.78 is 11.1. The van der Waals surface area contributed by atoms with Gasteiger partial charge in [0, 0.05) is 29.7 Å². The predicted molar refractivity (Wildman–Crippen MR) is 133 cm³/mol. The predicted octanol–water partition coefficient (Wildman–Crippen LogP) is 5.29. The van der Waals surface area contributed by atoms with E-state index in [4.69, 9.17) is 9.47 Å². The van der Waals surface area contributed by atoms with Gasteiger partial charge < -0.3 is 14.6 Å². The molecular weight excluding hydrogens is 444 g/mol. The molecule has 0 aliphatic carbocycles. The first-order valence-corrected chi connectivity index (χ1v) is 11.6. The molecule has 3 aromatic rings. The summed E-state index contributed by atoms with van der Waals surface area (Å²) in [5.41, 5.74) is 1.51. The maximum absolute atomic E-state index is 13.2. The smallest absolute Gasteiger partial charge is 0.300 e. The molecule has 7 heteroatoms. The second-order valence-corrected chi connectivity index (χ2v) is 8.24. The molecule has 1 unspecified atom stereocenters. The number of aliphatic hydroxyl groups excluding tert-OH is 1. The Balaban J connectivity index is 1.74. The summed E-state index contributed by atoms with van der Waals surface area (Å²) >= 11 is 0. The van der Waals surface area contributed by atoms with Crippen LogP contribution in [0.4, 0.5) is 5.69 Å². The van der Waals surface area contributed by atoms with Gasteiger partial charge in [0.2, 0.25) is 0 Å². The third-order valence-electron chi connectivity index (χ3n) is 5.92. The van der Waals surface area contributed by atoms with E-state index in [-0.39, 0.29) is 11.3 Å². The largest absolute Gasteiger partial charge is 0.507 e. The Kier molecular flexibility index (Phi) is 7.45. The maximum Gasteiger partial charge on any atom is 0.300 e. The third-order valence-corrected chi connectivity index (χ3v) is 5.92. The first-order chi connectivity index (χ1) is 17.0. The highest BCUT2D eigenvalue weighted by atomic mass is 16.5. The zero-order valence-electron chi connectivity index (χ0n) is 19.8. The molecule has 1 fully saturated rings. The van der Waals surface area contributed by atoms with E-state index in [0.717, 1.165) is 19.3 Å². The number of carbonyl (C=O) groups is 2. The van der Waals surface area contributed by atoms with Crippen LogP contribution in [0.5, 0.6) is 11.5 Å². The number of carbonyl (C=O) groups excluding carboxylic acids is 2. The van der Waals surface area contributed by atoms with Crippen LogP contribution in [-0.2, 0) is 9.59 Å². The van der Waals surface area contributed by atoms with Crippen LogP contribution in [0.25, 0.3) is 5.76 Å². The lowest BCUT2D eigenvalue weighted by molar-refractivity contribution is -0.132. The van der Waals surface area contributed by atoms with E-state index in [0.29, 0.717) is 34.9 Å². The van der Waals surface area contributed by atoms with E-state index in [9.17, 15) is 14.7 Å². The Morgan fingerprint density at radius 2 is 1.83 bits per heavy atom. The highest BCUT2D eigenvalue weighted by Gasteiger charge is 2.47. The minimum absolute atomic E-state index is 0.00225. The molecule has 0 bridgehead atoms. The Hall–Kier alpha value is -4.13. The van der Waals surface area contributed by atoms with Gasteiger partial charge in [-0.15, -0.1) is 0 Å². The van der Waals surface area contributed by atoms with Crippen molar-refractivity contribution in [1.82, 2.24) is 4.98 Å². The Bertz CT molecular complexity index is 1220. The average molecular weight is 473 g/mol. The van der Waals surface area contributed by atoms with Crippen molar-refractivity contribution in [3.8, 4) is 11.5 Å². The number of unbranched alkanes of at least 4 members (excludes halogenated alkanes) is 2. The van der Waals surface area contributed by atoms with E-state index >= 15 is 0 Å². The van der Waals surface area contributed by atoms with Gasteiger partial charge in [0.25, 0.3) is 11.7 Å². The van der Waals surface area contributed by atoms with Gasteiger partial charge in [-0.3, -0.25) is 19.5 Å². The highest BCUT2D eigenvalue weighted by molar-refractivity contribution is 6.51. The quantitative estimate of drug-likeness (QED) is 0.197. The summed E-state index contributed by atoms with van der Waals surface area (Å²) in [6, 6.07) is 16.4. The van der Waals surface area contributed by atoms with E-state index in [1.54, 1.807) is 73.1 Å². The Morgan fingerprint density at radius 1 is 1.03 bits per heavy atom. The average Bonchev–Trinajstić information content (AvgIpc) is 3.17. The number of ketones is 1. The number of benzene rings is 2. The standard InChI is InChI=1S/C28H28N2O5/c1-3-4-5-16-35-22-13-11-19(12-14-22)26(31)24-25(20-8-7-15-29-18-20)30(28(33)27(24)32)21-9-6-10-23(17-21)34-2/h6-15,17-18,25,31H,3-5,16H2,1-2H3/b26-24+. The number of amides is 1. The van der Waals surface area contributed by atoms with Gasteiger partial charge in [0.1, 0.15) is 17.3 Å². The number of rotatable bonds is 9. The molecule has 7 nitrogen and oxygen atoms in total. The van der Waals surface area contributed by atoms with Crippen LogP contribution in [0.1, 0.15) is 43.4 Å². The molecule has 0 spiro atoms. The van der Waals surface area contributed by atoms with Crippen molar-refractivity contribution in [2.45, 2.75) is 32.2 Å². The molecule has 1 amide bonds. The molecule has 180 valence electrons. The minimum Gasteiger partial charge on any atom is -0.507 e. The van der Waals surface area contributed by atoms with Crippen LogP contribution < -0.4 is 14.4 Å². The number of pyridine rings is 1. The number of hydrogen-bond donors (Lipinski definition) is 1. The van der Waals surface area contributed by atoms with Crippen LogP contribution >= 0.6 is 0 Å².